The van der Waals surface area contributed by atoms with Gasteiger partial charge in [-0.05, 0) is 21.5 Å². The average Bonchev–Trinajstić information content (AvgIpc) is 1.81. The van der Waals surface area contributed by atoms with Crippen LogP contribution >= 0.6 is 0 Å². The van der Waals surface area contributed by atoms with Crippen molar-refractivity contribution >= 4 is 0 Å². The van der Waals surface area contributed by atoms with Gasteiger partial charge in [0.05, 0.1) is 6.61 Å². The molecule has 50 valence electrons. The molecule has 0 heterocycles. The van der Waals surface area contributed by atoms with E-state index in [0.29, 0.717) is 6.61 Å². The average molecular weight is 124 g/mol. The summed E-state index contributed by atoms with van der Waals surface area (Å²) in [7, 11) is 0. The van der Waals surface area contributed by atoms with Gasteiger partial charge in [0.15, 0.2) is 0 Å². The van der Waals surface area contributed by atoms with E-state index in [2.05, 4.69) is 20.0 Å². The van der Waals surface area contributed by atoms with Crippen molar-refractivity contribution in [3.8, 4) is 0 Å². The first kappa shape index (κ1) is 7.80. The quantitative estimate of drug-likeness (QED) is 0.332. The van der Waals surface area contributed by atoms with Gasteiger partial charge in [-0.15, -0.1) is 0 Å². The van der Waals surface area contributed by atoms with Gasteiger partial charge < -0.3 is 0 Å². The third-order valence-corrected chi connectivity index (χ3v) is 0.394. The van der Waals surface area contributed by atoms with Gasteiger partial charge in [0.1, 0.15) is 0 Å². The molecular weight excluding hydrogens is 116 g/mol. The predicted molar refractivity (Wildman–Crippen MR) is 22.1 cm³/mol. The van der Waals surface area contributed by atoms with Gasteiger partial charge in [0, 0.05) is 0 Å². The van der Waals surface area contributed by atoms with E-state index in [0.717, 1.165) is 6.42 Å². The van der Waals surface area contributed by atoms with E-state index in [4.69, 9.17) is 5.26 Å². The molecule has 0 atom stereocenters. The van der Waals surface area contributed by atoms with E-state index in [1.165, 1.54) is 0 Å². The Balaban J connectivity index is 2.53. The minimum Gasteiger partial charge on any atom is -0.219 e. The number of hydrogen-bond donors (Lipinski definition) is 1. The third kappa shape index (κ3) is 5.80. The van der Waals surface area contributed by atoms with Crippen LogP contribution in [0, 0.1) is 0 Å². The molecule has 8 heavy (non-hydrogen) atoms. The second-order valence-electron chi connectivity index (χ2n) is 1.03. The van der Waals surface area contributed by atoms with Crippen molar-refractivity contribution in [2.75, 3.05) is 6.61 Å². The highest BCUT2D eigenvalue weighted by Crippen LogP contribution is 1.82. The molecule has 0 aliphatic carbocycles. The molecule has 0 aromatic rings. The molecule has 0 aliphatic rings. The zero-order valence-electron chi connectivity index (χ0n) is 4.49. The molecule has 1 N–H and O–H groups in total. The highest BCUT2D eigenvalue weighted by molar-refractivity contribution is 4.13. The molecule has 0 spiro atoms. The summed E-state index contributed by atoms with van der Waals surface area (Å²) in [4.78, 5) is 4.22. The van der Waals surface area contributed by atoms with Crippen LogP contribution < -0.4 is 0 Å². The van der Waals surface area contributed by atoms with Crippen LogP contribution in [0.2, 0.25) is 0 Å². The van der Waals surface area contributed by atoms with Crippen molar-refractivity contribution in [1.29, 1.82) is 0 Å². The van der Waals surface area contributed by atoms with Crippen LogP contribution in [-0.4, -0.2) is 11.9 Å². The van der Waals surface area contributed by atoms with Crippen molar-refractivity contribution < 1.29 is 25.3 Å². The Labute approximate surface area is 46.4 Å². The summed E-state index contributed by atoms with van der Waals surface area (Å²) in [5.74, 6) is 0. The Morgan fingerprint density at radius 3 is 2.62 bits per heavy atom. The van der Waals surface area contributed by atoms with Gasteiger partial charge in [-0.2, -0.15) is 0 Å². The Bertz CT molecular complexity index is 32.7. The van der Waals surface area contributed by atoms with Crippen molar-refractivity contribution in [3.05, 3.63) is 0 Å². The normalized spacial score (nSPS) is 9.75. The van der Waals surface area contributed by atoms with Gasteiger partial charge in [0.2, 0.25) is 0 Å². The van der Waals surface area contributed by atoms with Gasteiger partial charge in [-0.1, -0.05) is 6.92 Å². The second-order valence-corrected chi connectivity index (χ2v) is 1.03. The largest absolute Gasteiger partial charge is 0.219 e. The lowest BCUT2D eigenvalue weighted by molar-refractivity contribution is -0.702. The minimum absolute atomic E-state index is 0.392. The maximum absolute atomic E-state index is 7.44. The van der Waals surface area contributed by atoms with Gasteiger partial charge in [-0.25, -0.2) is 10.1 Å². The summed E-state index contributed by atoms with van der Waals surface area (Å²) in [6, 6.07) is 0. The summed E-state index contributed by atoms with van der Waals surface area (Å²) in [5, 5.41) is 17.7. The minimum atomic E-state index is 0.392. The van der Waals surface area contributed by atoms with Gasteiger partial charge >= 0.3 is 0 Å². The van der Waals surface area contributed by atoms with E-state index in [1.54, 1.807) is 0 Å². The Hall–Kier alpha value is -0.200. The molecule has 0 aromatic heterocycles. The molecule has 5 heteroatoms. The highest BCUT2D eigenvalue weighted by atomic mass is 17.8. The zero-order chi connectivity index (χ0) is 6.24. The summed E-state index contributed by atoms with van der Waals surface area (Å²) in [5.41, 5.74) is 0. The summed E-state index contributed by atoms with van der Waals surface area (Å²) >= 11 is 0. The van der Waals surface area contributed by atoms with E-state index >= 15 is 0 Å². The second kappa shape index (κ2) is 6.80. The van der Waals surface area contributed by atoms with Crippen LogP contribution in [0.15, 0.2) is 0 Å². The molecule has 0 saturated carbocycles. The molecule has 0 aliphatic heterocycles. The molecule has 0 saturated heterocycles. The molecule has 0 fully saturated rings. The van der Waals surface area contributed by atoms with E-state index in [9.17, 15) is 0 Å². The molecule has 0 rings (SSSR count). The monoisotopic (exact) mass is 124 g/mol. The standard InChI is InChI=1S/C3H8O5/c1-2-3-5-7-8-6-4/h4H,2-3H2,1H3. The first-order valence-electron chi connectivity index (χ1n) is 2.18. The van der Waals surface area contributed by atoms with Crippen LogP contribution in [0.5, 0.6) is 0 Å². The van der Waals surface area contributed by atoms with Crippen molar-refractivity contribution in [2.45, 2.75) is 13.3 Å². The van der Waals surface area contributed by atoms with Crippen LogP contribution in [0.25, 0.3) is 0 Å². The Kier molecular flexibility index (Phi) is 6.63. The molecule has 0 bridgehead atoms. The maximum Gasteiger partial charge on any atom is 0.0852 e. The lowest BCUT2D eigenvalue weighted by Gasteiger charge is -1.93. The lowest BCUT2D eigenvalue weighted by Crippen LogP contribution is -1.96. The summed E-state index contributed by atoms with van der Waals surface area (Å²) in [6.07, 6.45) is 0.800. The number of rotatable bonds is 5. The predicted octanol–water partition coefficient (Wildman–Crippen LogP) is 0.681. The lowest BCUT2D eigenvalue weighted by atomic mass is 10.5. The zero-order valence-corrected chi connectivity index (χ0v) is 4.49. The molecule has 0 aromatic carbocycles. The SMILES string of the molecule is CCCOOOOO. The summed E-state index contributed by atoms with van der Waals surface area (Å²) < 4.78 is 0. The molecule has 0 amide bonds. The summed E-state index contributed by atoms with van der Waals surface area (Å²) in [6.45, 7) is 2.28. The van der Waals surface area contributed by atoms with Gasteiger partial charge in [-0.3, -0.25) is 0 Å². The van der Waals surface area contributed by atoms with Crippen LogP contribution in [0.4, 0.5) is 0 Å². The molecule has 0 radical (unpaired) electrons. The van der Waals surface area contributed by atoms with Crippen LogP contribution in [0.3, 0.4) is 0 Å². The van der Waals surface area contributed by atoms with Gasteiger partial charge in [0.25, 0.3) is 0 Å². The van der Waals surface area contributed by atoms with Crippen molar-refractivity contribution in [1.82, 2.24) is 0 Å². The first-order valence-corrected chi connectivity index (χ1v) is 2.18. The fourth-order valence-corrected chi connectivity index (χ4v) is 0.149. The number of hydrogen-bond acceptors (Lipinski definition) is 5. The van der Waals surface area contributed by atoms with Crippen molar-refractivity contribution in [2.24, 2.45) is 0 Å². The van der Waals surface area contributed by atoms with Crippen molar-refractivity contribution in [3.63, 3.8) is 0 Å². The van der Waals surface area contributed by atoms with E-state index < -0.39 is 0 Å². The van der Waals surface area contributed by atoms with E-state index in [1.807, 2.05) is 6.92 Å². The maximum atomic E-state index is 7.44. The topological polar surface area (TPSA) is 57.2 Å². The Morgan fingerprint density at radius 1 is 1.38 bits per heavy atom. The highest BCUT2D eigenvalue weighted by Gasteiger charge is 1.84. The smallest absolute Gasteiger partial charge is 0.0852 e. The van der Waals surface area contributed by atoms with Crippen LogP contribution in [-0.2, 0) is 20.0 Å². The molecule has 0 unspecified atom stereocenters. The molecule has 5 nitrogen and oxygen atoms in total. The first-order chi connectivity index (χ1) is 3.91. The van der Waals surface area contributed by atoms with Crippen LogP contribution in [0.1, 0.15) is 13.3 Å². The Morgan fingerprint density at radius 2 is 2.12 bits per heavy atom. The third-order valence-electron chi connectivity index (χ3n) is 0.394. The van der Waals surface area contributed by atoms with E-state index in [-0.39, 0.29) is 0 Å². The fraction of sp³-hybridized carbons (Fsp3) is 1.00. The fourth-order valence-electron chi connectivity index (χ4n) is 0.149. The molecular formula is C3H8O5.